The Balaban J connectivity index is 1.66. The molecule has 0 saturated heterocycles. The van der Waals surface area contributed by atoms with Gasteiger partial charge in [-0.1, -0.05) is 64.7 Å². The van der Waals surface area contributed by atoms with Gasteiger partial charge in [0.25, 0.3) is 0 Å². The summed E-state index contributed by atoms with van der Waals surface area (Å²) in [5.74, 6) is 1.14. The summed E-state index contributed by atoms with van der Waals surface area (Å²) in [5.41, 5.74) is 0. The van der Waals surface area contributed by atoms with Crippen LogP contribution < -0.4 is 0 Å². The van der Waals surface area contributed by atoms with Crippen molar-refractivity contribution in [2.24, 2.45) is 5.92 Å². The summed E-state index contributed by atoms with van der Waals surface area (Å²) < 4.78 is 0. The summed E-state index contributed by atoms with van der Waals surface area (Å²) in [6.07, 6.45) is 12.9. The van der Waals surface area contributed by atoms with Crippen molar-refractivity contribution in [3.05, 3.63) is 6.92 Å². The highest BCUT2D eigenvalue weighted by molar-refractivity contribution is 4.72. The van der Waals surface area contributed by atoms with Crippen LogP contribution in [0.3, 0.4) is 0 Å². The van der Waals surface area contributed by atoms with Gasteiger partial charge < -0.3 is 0 Å². The Hall–Kier alpha value is 0. The topological polar surface area (TPSA) is 0 Å². The average Bonchev–Trinajstić information content (AvgIpc) is 2.80. The molecule has 0 aliphatic heterocycles. The predicted molar refractivity (Wildman–Crippen MR) is 50.4 cm³/mol. The van der Waals surface area contributed by atoms with Crippen molar-refractivity contribution in [3.8, 4) is 0 Å². The highest BCUT2D eigenvalue weighted by Crippen LogP contribution is 2.34. The van der Waals surface area contributed by atoms with E-state index in [2.05, 4.69) is 6.92 Å². The molecule has 1 aliphatic carbocycles. The highest BCUT2D eigenvalue weighted by Gasteiger charge is 2.19. The first-order valence-electron chi connectivity index (χ1n) is 5.22. The van der Waals surface area contributed by atoms with Gasteiger partial charge in [0.2, 0.25) is 0 Å². The fraction of sp³-hybridized carbons (Fsp3) is 0.909. The van der Waals surface area contributed by atoms with Gasteiger partial charge >= 0.3 is 0 Å². The quantitative estimate of drug-likeness (QED) is 0.486. The Morgan fingerprint density at radius 2 is 1.55 bits per heavy atom. The minimum Gasteiger partial charge on any atom is -0.0533 e. The van der Waals surface area contributed by atoms with Crippen LogP contribution >= 0.6 is 0 Å². The van der Waals surface area contributed by atoms with Crippen molar-refractivity contribution in [2.45, 2.75) is 57.8 Å². The Labute approximate surface area is 71.4 Å². The van der Waals surface area contributed by atoms with Gasteiger partial charge in [0.1, 0.15) is 0 Å². The average molecular weight is 153 g/mol. The molecular formula is C11H21. The molecule has 1 aliphatic rings. The molecule has 11 heavy (non-hydrogen) atoms. The molecule has 1 saturated carbocycles. The molecule has 0 nitrogen and oxygen atoms in total. The van der Waals surface area contributed by atoms with Crippen LogP contribution in [0.5, 0.6) is 0 Å². The summed E-state index contributed by atoms with van der Waals surface area (Å²) in [5, 5.41) is 0. The second kappa shape index (κ2) is 5.62. The second-order valence-electron chi connectivity index (χ2n) is 3.85. The molecule has 0 amide bonds. The highest BCUT2D eigenvalue weighted by atomic mass is 14.2. The first-order valence-corrected chi connectivity index (χ1v) is 5.22. The van der Waals surface area contributed by atoms with E-state index < -0.39 is 0 Å². The van der Waals surface area contributed by atoms with Crippen molar-refractivity contribution >= 4 is 0 Å². The first-order chi connectivity index (χ1) is 5.43. The van der Waals surface area contributed by atoms with Crippen molar-refractivity contribution in [1.29, 1.82) is 0 Å². The number of unbranched alkanes of at least 4 members (excludes halogenated alkanes) is 5. The molecule has 0 bridgehead atoms. The molecule has 1 rings (SSSR count). The molecule has 0 spiro atoms. The Morgan fingerprint density at radius 3 is 2.18 bits per heavy atom. The molecular weight excluding hydrogens is 132 g/mol. The maximum Gasteiger partial charge on any atom is -0.0414 e. The van der Waals surface area contributed by atoms with Crippen molar-refractivity contribution < 1.29 is 0 Å². The van der Waals surface area contributed by atoms with Crippen LogP contribution in [0.4, 0.5) is 0 Å². The normalized spacial score (nSPS) is 17.2. The maximum atomic E-state index is 3.84. The monoisotopic (exact) mass is 153 g/mol. The van der Waals surface area contributed by atoms with Crippen molar-refractivity contribution in [3.63, 3.8) is 0 Å². The lowest BCUT2D eigenvalue weighted by Crippen LogP contribution is -1.80. The lowest BCUT2D eigenvalue weighted by Gasteiger charge is -1.98. The van der Waals surface area contributed by atoms with Crippen LogP contribution in [0.25, 0.3) is 0 Å². The summed E-state index contributed by atoms with van der Waals surface area (Å²) in [4.78, 5) is 0. The summed E-state index contributed by atoms with van der Waals surface area (Å²) in [6.45, 7) is 3.84. The molecule has 0 aromatic rings. The van der Waals surface area contributed by atoms with E-state index in [1.54, 1.807) is 0 Å². The third-order valence-corrected chi connectivity index (χ3v) is 2.56. The zero-order chi connectivity index (χ0) is 7.94. The van der Waals surface area contributed by atoms with Gasteiger partial charge in [0.15, 0.2) is 0 Å². The zero-order valence-electron chi connectivity index (χ0n) is 7.65. The maximum absolute atomic E-state index is 3.84. The van der Waals surface area contributed by atoms with E-state index in [0.29, 0.717) is 0 Å². The van der Waals surface area contributed by atoms with Gasteiger partial charge in [0.05, 0.1) is 0 Å². The number of hydrogen-bond donors (Lipinski definition) is 0. The Kier molecular flexibility index (Phi) is 4.65. The molecule has 0 aromatic carbocycles. The number of hydrogen-bond acceptors (Lipinski definition) is 0. The Morgan fingerprint density at radius 1 is 0.909 bits per heavy atom. The molecule has 0 heterocycles. The fourth-order valence-corrected chi connectivity index (χ4v) is 1.55. The third-order valence-electron chi connectivity index (χ3n) is 2.56. The third kappa shape index (κ3) is 5.29. The summed E-state index contributed by atoms with van der Waals surface area (Å²) >= 11 is 0. The zero-order valence-corrected chi connectivity index (χ0v) is 7.65. The lowest BCUT2D eigenvalue weighted by molar-refractivity contribution is 0.573. The van der Waals surface area contributed by atoms with Crippen molar-refractivity contribution in [1.82, 2.24) is 0 Å². The Bertz CT molecular complexity index is 82.0. The van der Waals surface area contributed by atoms with Crippen LogP contribution in [0.2, 0.25) is 0 Å². The molecule has 0 unspecified atom stereocenters. The van der Waals surface area contributed by atoms with Crippen LogP contribution in [0, 0.1) is 12.8 Å². The standard InChI is InChI=1S/C11H21/c1-2-3-4-5-6-7-8-11-9-10-11/h11H,1-10H2. The second-order valence-corrected chi connectivity index (χ2v) is 3.85. The van der Waals surface area contributed by atoms with E-state index in [-0.39, 0.29) is 0 Å². The van der Waals surface area contributed by atoms with E-state index >= 15 is 0 Å². The van der Waals surface area contributed by atoms with Gasteiger partial charge in [-0.2, -0.15) is 0 Å². The van der Waals surface area contributed by atoms with Gasteiger partial charge in [-0.3, -0.25) is 0 Å². The minimum atomic E-state index is 1.13. The molecule has 1 radical (unpaired) electrons. The van der Waals surface area contributed by atoms with Crippen molar-refractivity contribution in [2.75, 3.05) is 0 Å². The molecule has 0 aromatic heterocycles. The van der Waals surface area contributed by atoms with Gasteiger partial charge in [-0.15, -0.1) is 0 Å². The molecule has 0 N–H and O–H groups in total. The molecule has 1 fully saturated rings. The first kappa shape index (κ1) is 9.09. The van der Waals surface area contributed by atoms with Crippen LogP contribution in [-0.2, 0) is 0 Å². The summed E-state index contributed by atoms with van der Waals surface area (Å²) in [6, 6.07) is 0. The van der Waals surface area contributed by atoms with E-state index in [4.69, 9.17) is 0 Å². The van der Waals surface area contributed by atoms with E-state index in [1.165, 1.54) is 51.4 Å². The van der Waals surface area contributed by atoms with Gasteiger partial charge in [-0.05, 0) is 5.92 Å². The largest absolute Gasteiger partial charge is 0.0533 e. The number of rotatable bonds is 7. The van der Waals surface area contributed by atoms with Crippen LogP contribution in [0.15, 0.2) is 0 Å². The van der Waals surface area contributed by atoms with E-state index in [1.807, 2.05) is 0 Å². The lowest BCUT2D eigenvalue weighted by atomic mass is 10.1. The van der Waals surface area contributed by atoms with Gasteiger partial charge in [0, 0.05) is 0 Å². The van der Waals surface area contributed by atoms with Crippen LogP contribution in [0.1, 0.15) is 57.8 Å². The molecule has 0 heteroatoms. The molecule has 65 valence electrons. The smallest absolute Gasteiger partial charge is 0.0414 e. The van der Waals surface area contributed by atoms with Gasteiger partial charge in [-0.25, -0.2) is 0 Å². The van der Waals surface area contributed by atoms with E-state index in [9.17, 15) is 0 Å². The SMILES string of the molecule is [CH2]CCCCCCCC1CC1. The van der Waals surface area contributed by atoms with E-state index in [0.717, 1.165) is 12.3 Å². The molecule has 0 atom stereocenters. The summed E-state index contributed by atoms with van der Waals surface area (Å²) in [7, 11) is 0. The van der Waals surface area contributed by atoms with Crippen LogP contribution in [-0.4, -0.2) is 0 Å². The fourth-order valence-electron chi connectivity index (χ4n) is 1.55. The minimum absolute atomic E-state index is 1.13. The predicted octanol–water partition coefficient (Wildman–Crippen LogP) is 3.96.